The second kappa shape index (κ2) is 7.21. The highest BCUT2D eigenvalue weighted by Crippen LogP contribution is 2.35. The van der Waals surface area contributed by atoms with Gasteiger partial charge in [-0.15, -0.1) is 0 Å². The molecule has 2 N–H and O–H groups in total. The van der Waals surface area contributed by atoms with Crippen molar-refractivity contribution in [3.05, 3.63) is 59.4 Å². The summed E-state index contributed by atoms with van der Waals surface area (Å²) in [6.07, 6.45) is 0. The van der Waals surface area contributed by atoms with Crippen molar-refractivity contribution >= 4 is 44.0 Å². The van der Waals surface area contributed by atoms with Crippen LogP contribution in [0, 0.1) is 12.7 Å². The third kappa shape index (κ3) is 4.05. The Bertz CT molecular complexity index is 1070. The molecule has 0 aliphatic carbocycles. The third-order valence-electron chi connectivity index (χ3n) is 4.66. The predicted octanol–water partition coefficient (Wildman–Crippen LogP) is 3.07. The highest BCUT2D eigenvalue weighted by atomic mass is 32.2. The molecule has 1 saturated heterocycles. The number of amides is 1. The van der Waals surface area contributed by atoms with Crippen LogP contribution in [0.25, 0.3) is 0 Å². The van der Waals surface area contributed by atoms with E-state index in [0.717, 1.165) is 11.3 Å². The Labute approximate surface area is 166 Å². The van der Waals surface area contributed by atoms with Crippen molar-refractivity contribution in [1.82, 2.24) is 0 Å². The Morgan fingerprint density at radius 1 is 1.18 bits per heavy atom. The quantitative estimate of drug-likeness (QED) is 0.798. The molecule has 146 valence electrons. The number of hydrogen-bond donors (Lipinski definition) is 2. The summed E-state index contributed by atoms with van der Waals surface area (Å²) in [5.74, 6) is -0.434. The number of thioether (sulfide) groups is 1. The van der Waals surface area contributed by atoms with E-state index in [-0.39, 0.29) is 34.5 Å². The molecule has 6 nitrogen and oxygen atoms in total. The molecule has 2 aliphatic heterocycles. The number of halogens is 1. The molecule has 1 amide bonds. The average molecular weight is 420 g/mol. The van der Waals surface area contributed by atoms with Gasteiger partial charge in [0.2, 0.25) is 0 Å². The van der Waals surface area contributed by atoms with Crippen molar-refractivity contribution < 1.29 is 17.6 Å². The summed E-state index contributed by atoms with van der Waals surface area (Å²) in [6.45, 7) is 1.91. The number of carbonyl (C=O) groups is 1. The van der Waals surface area contributed by atoms with Gasteiger partial charge < -0.3 is 10.6 Å². The molecule has 2 aromatic carbocycles. The summed E-state index contributed by atoms with van der Waals surface area (Å²) in [6, 6.07) is 10.6. The van der Waals surface area contributed by atoms with Crippen LogP contribution in [0.3, 0.4) is 0 Å². The van der Waals surface area contributed by atoms with Gasteiger partial charge in [0.05, 0.1) is 17.5 Å². The molecule has 28 heavy (non-hydrogen) atoms. The Morgan fingerprint density at radius 3 is 2.64 bits per heavy atom. The van der Waals surface area contributed by atoms with Gasteiger partial charge in [0.15, 0.2) is 15.0 Å². The third-order valence-corrected chi connectivity index (χ3v) is 7.80. The standard InChI is InChI=1S/C19H18FN3O3S2/c1-11-2-3-12(18(24)21-14-6-4-13(20)5-7-14)8-15(11)22-19-23-16-9-28(25,26)10-17(16)27-19/h2-8,16-17H,9-10H2,1H3,(H,21,24)(H,22,23)/t16-,17-/m0/s1. The van der Waals surface area contributed by atoms with Crippen LogP contribution in [-0.2, 0) is 9.84 Å². The molecule has 0 unspecified atom stereocenters. The lowest BCUT2D eigenvalue weighted by Gasteiger charge is -2.12. The van der Waals surface area contributed by atoms with Crippen molar-refractivity contribution in [3.63, 3.8) is 0 Å². The maximum atomic E-state index is 13.0. The van der Waals surface area contributed by atoms with Gasteiger partial charge in [0, 0.05) is 22.2 Å². The van der Waals surface area contributed by atoms with Crippen LogP contribution in [0.1, 0.15) is 15.9 Å². The minimum atomic E-state index is -2.99. The highest BCUT2D eigenvalue weighted by Gasteiger charge is 2.42. The number of aliphatic imine (C=N–C) groups is 1. The van der Waals surface area contributed by atoms with E-state index >= 15 is 0 Å². The average Bonchev–Trinajstić information content (AvgIpc) is 3.11. The molecule has 1 fully saturated rings. The number of nitrogens with one attached hydrogen (secondary N) is 2. The second-order valence-corrected chi connectivity index (χ2v) is 10.2. The van der Waals surface area contributed by atoms with Gasteiger partial charge in [-0.3, -0.25) is 9.79 Å². The molecule has 0 aromatic heterocycles. The molecule has 0 bridgehead atoms. The van der Waals surface area contributed by atoms with Crippen molar-refractivity contribution in [2.45, 2.75) is 18.2 Å². The van der Waals surface area contributed by atoms with Gasteiger partial charge in [-0.2, -0.15) is 0 Å². The number of carbonyl (C=O) groups excluding carboxylic acids is 1. The zero-order valence-corrected chi connectivity index (χ0v) is 16.6. The molecule has 2 heterocycles. The number of amidine groups is 1. The number of nitrogens with zero attached hydrogens (tertiary/aromatic N) is 1. The summed E-state index contributed by atoms with van der Waals surface area (Å²) in [7, 11) is -2.99. The first-order chi connectivity index (χ1) is 13.3. The lowest BCUT2D eigenvalue weighted by atomic mass is 10.1. The molecular formula is C19H18FN3O3S2. The van der Waals surface area contributed by atoms with E-state index in [2.05, 4.69) is 15.6 Å². The summed E-state index contributed by atoms with van der Waals surface area (Å²) < 4.78 is 36.4. The van der Waals surface area contributed by atoms with Crippen molar-refractivity contribution in [2.24, 2.45) is 4.99 Å². The van der Waals surface area contributed by atoms with Crippen LogP contribution in [0.4, 0.5) is 15.8 Å². The number of sulfone groups is 1. The number of rotatable bonds is 3. The van der Waals surface area contributed by atoms with Gasteiger partial charge >= 0.3 is 0 Å². The van der Waals surface area contributed by atoms with Crippen molar-refractivity contribution in [3.8, 4) is 0 Å². The van der Waals surface area contributed by atoms with Crippen molar-refractivity contribution in [2.75, 3.05) is 22.1 Å². The number of anilines is 2. The maximum absolute atomic E-state index is 13.0. The summed E-state index contributed by atoms with van der Waals surface area (Å²) in [5, 5.41) is 6.58. The zero-order chi connectivity index (χ0) is 19.9. The molecule has 4 rings (SSSR count). The number of hydrogen-bond acceptors (Lipinski definition) is 6. The van der Waals surface area contributed by atoms with Gasteiger partial charge in [-0.1, -0.05) is 17.8 Å². The van der Waals surface area contributed by atoms with E-state index in [1.54, 1.807) is 12.1 Å². The predicted molar refractivity (Wildman–Crippen MR) is 110 cm³/mol. The summed E-state index contributed by atoms with van der Waals surface area (Å²) in [4.78, 5) is 17.0. The highest BCUT2D eigenvalue weighted by molar-refractivity contribution is 8.15. The Kier molecular flexibility index (Phi) is 4.88. The number of benzene rings is 2. The Morgan fingerprint density at radius 2 is 1.93 bits per heavy atom. The fraction of sp³-hybridized carbons (Fsp3) is 0.263. The van der Waals surface area contributed by atoms with E-state index in [9.17, 15) is 17.6 Å². The lowest BCUT2D eigenvalue weighted by molar-refractivity contribution is 0.102. The molecule has 9 heteroatoms. The van der Waals surface area contributed by atoms with Gasteiger partial charge in [0.1, 0.15) is 5.82 Å². The first kappa shape index (κ1) is 18.9. The Hall–Kier alpha value is -2.39. The number of aryl methyl sites for hydroxylation is 1. The fourth-order valence-corrected chi connectivity index (χ4v) is 6.83. The molecule has 2 aromatic rings. The van der Waals surface area contributed by atoms with Gasteiger partial charge in [-0.05, 0) is 48.9 Å². The van der Waals surface area contributed by atoms with Crippen LogP contribution >= 0.6 is 11.8 Å². The lowest BCUT2D eigenvalue weighted by Crippen LogP contribution is -2.14. The van der Waals surface area contributed by atoms with E-state index in [0.29, 0.717) is 16.4 Å². The Balaban J connectivity index is 1.48. The first-order valence-corrected chi connectivity index (χ1v) is 11.4. The summed E-state index contributed by atoms with van der Waals surface area (Å²) >= 11 is 1.43. The van der Waals surface area contributed by atoms with Crippen LogP contribution in [-0.4, -0.2) is 42.3 Å². The molecule has 0 saturated carbocycles. The maximum Gasteiger partial charge on any atom is 0.255 e. The SMILES string of the molecule is Cc1ccc(C(=O)Nc2ccc(F)cc2)cc1NC1=N[C@H]2CS(=O)(=O)C[C@@H]2S1. The van der Waals surface area contributed by atoms with Crippen LogP contribution < -0.4 is 10.6 Å². The first-order valence-electron chi connectivity index (χ1n) is 8.68. The normalized spacial score (nSPS) is 22.4. The summed E-state index contributed by atoms with van der Waals surface area (Å²) in [5.41, 5.74) is 2.63. The zero-order valence-electron chi connectivity index (χ0n) is 15.0. The topological polar surface area (TPSA) is 87.6 Å². The van der Waals surface area contributed by atoms with Crippen LogP contribution in [0.2, 0.25) is 0 Å². The largest absolute Gasteiger partial charge is 0.335 e. The van der Waals surface area contributed by atoms with Gasteiger partial charge in [0.25, 0.3) is 5.91 Å². The van der Waals surface area contributed by atoms with E-state index in [4.69, 9.17) is 0 Å². The van der Waals surface area contributed by atoms with Crippen LogP contribution in [0.5, 0.6) is 0 Å². The minimum Gasteiger partial charge on any atom is -0.335 e. The molecular weight excluding hydrogens is 401 g/mol. The molecule has 2 atom stereocenters. The minimum absolute atomic E-state index is 0.0437. The van der Waals surface area contributed by atoms with E-state index in [1.807, 2.05) is 13.0 Å². The fourth-order valence-electron chi connectivity index (χ4n) is 3.17. The van der Waals surface area contributed by atoms with Crippen molar-refractivity contribution in [1.29, 1.82) is 0 Å². The number of fused-ring (bicyclic) bond motifs is 1. The second-order valence-electron chi connectivity index (χ2n) is 6.85. The van der Waals surface area contributed by atoms with Gasteiger partial charge in [-0.25, -0.2) is 12.8 Å². The van der Waals surface area contributed by atoms with Crippen LogP contribution in [0.15, 0.2) is 47.5 Å². The van der Waals surface area contributed by atoms with E-state index < -0.39 is 9.84 Å². The molecule has 0 spiro atoms. The smallest absolute Gasteiger partial charge is 0.255 e. The van der Waals surface area contributed by atoms with E-state index in [1.165, 1.54) is 36.0 Å². The molecule has 0 radical (unpaired) electrons. The molecule has 2 aliphatic rings. The monoisotopic (exact) mass is 419 g/mol.